The molecule has 4 aromatic rings. The summed E-state index contributed by atoms with van der Waals surface area (Å²) in [5, 5.41) is 6.39. The minimum atomic E-state index is -0.479. The number of para-hydroxylation sites is 1. The Morgan fingerprint density at radius 3 is 2.58 bits per heavy atom. The van der Waals surface area contributed by atoms with E-state index in [1.807, 2.05) is 24.4 Å². The summed E-state index contributed by atoms with van der Waals surface area (Å²) in [6.45, 7) is 3.70. The molecule has 1 amide bonds. The molecule has 0 radical (unpaired) electrons. The molecule has 2 aromatic heterocycles. The number of carbonyl (C=O) groups is 1. The summed E-state index contributed by atoms with van der Waals surface area (Å²) in [6.07, 6.45) is 0. The SMILES string of the molecule is Cc1nc(-c2ccc(NC(=O)c3oc4c(F)cccc4c3C)cc2)cs1. The third-order valence-corrected chi connectivity index (χ3v) is 4.95. The zero-order chi connectivity index (χ0) is 18.3. The highest BCUT2D eigenvalue weighted by Gasteiger charge is 2.19. The van der Waals surface area contributed by atoms with Crippen molar-refractivity contribution in [2.45, 2.75) is 13.8 Å². The van der Waals surface area contributed by atoms with Gasteiger partial charge in [0.05, 0.1) is 10.7 Å². The number of furan rings is 1. The Bertz CT molecular complexity index is 1110. The van der Waals surface area contributed by atoms with Crippen molar-refractivity contribution in [3.05, 3.63) is 70.0 Å². The number of rotatable bonds is 3. The summed E-state index contributed by atoms with van der Waals surface area (Å²) >= 11 is 1.59. The van der Waals surface area contributed by atoms with Crippen molar-refractivity contribution in [3.63, 3.8) is 0 Å². The van der Waals surface area contributed by atoms with Crippen LogP contribution < -0.4 is 5.32 Å². The van der Waals surface area contributed by atoms with E-state index in [1.54, 1.807) is 42.5 Å². The largest absolute Gasteiger partial charge is 0.448 e. The highest BCUT2D eigenvalue weighted by Crippen LogP contribution is 2.28. The maximum atomic E-state index is 13.8. The van der Waals surface area contributed by atoms with Gasteiger partial charge in [-0.25, -0.2) is 9.37 Å². The number of benzene rings is 2. The number of aromatic nitrogens is 1. The molecule has 0 aliphatic carbocycles. The monoisotopic (exact) mass is 366 g/mol. The van der Waals surface area contributed by atoms with Crippen LogP contribution in [-0.4, -0.2) is 10.9 Å². The van der Waals surface area contributed by atoms with Gasteiger partial charge in [-0.2, -0.15) is 0 Å². The van der Waals surface area contributed by atoms with Gasteiger partial charge in [0.25, 0.3) is 5.91 Å². The van der Waals surface area contributed by atoms with Crippen LogP contribution in [-0.2, 0) is 0 Å². The average molecular weight is 366 g/mol. The van der Waals surface area contributed by atoms with Gasteiger partial charge in [0.1, 0.15) is 0 Å². The summed E-state index contributed by atoms with van der Waals surface area (Å²) in [7, 11) is 0. The van der Waals surface area contributed by atoms with Crippen LogP contribution in [0.5, 0.6) is 0 Å². The lowest BCUT2D eigenvalue weighted by atomic mass is 10.1. The second kappa shape index (κ2) is 6.38. The fourth-order valence-corrected chi connectivity index (χ4v) is 3.46. The second-order valence-corrected chi connectivity index (χ2v) is 7.02. The number of hydrogen-bond donors (Lipinski definition) is 1. The molecular formula is C20H15FN2O2S. The Morgan fingerprint density at radius 2 is 1.92 bits per heavy atom. The Morgan fingerprint density at radius 1 is 1.15 bits per heavy atom. The van der Waals surface area contributed by atoms with E-state index in [0.29, 0.717) is 16.6 Å². The van der Waals surface area contributed by atoms with Crippen LogP contribution in [0.4, 0.5) is 10.1 Å². The molecule has 0 fully saturated rings. The summed E-state index contributed by atoms with van der Waals surface area (Å²) in [5.74, 6) is -0.771. The number of hydrogen-bond acceptors (Lipinski definition) is 4. The van der Waals surface area contributed by atoms with Crippen molar-refractivity contribution < 1.29 is 13.6 Å². The standard InChI is InChI=1S/C20H15FN2O2S/c1-11-15-4-3-5-16(21)19(15)25-18(11)20(24)23-14-8-6-13(7-9-14)17-10-26-12(2)22-17/h3-10H,1-2H3,(H,23,24). The smallest absolute Gasteiger partial charge is 0.291 e. The number of nitrogens with zero attached hydrogens (tertiary/aromatic N) is 1. The molecule has 2 aromatic carbocycles. The molecular weight excluding hydrogens is 351 g/mol. The quantitative estimate of drug-likeness (QED) is 0.516. The van der Waals surface area contributed by atoms with Crippen molar-refractivity contribution >= 4 is 33.9 Å². The first kappa shape index (κ1) is 16.5. The van der Waals surface area contributed by atoms with Crippen LogP contribution >= 0.6 is 11.3 Å². The molecule has 2 heterocycles. The molecule has 0 aliphatic heterocycles. The Kier molecular flexibility index (Phi) is 4.05. The summed E-state index contributed by atoms with van der Waals surface area (Å²) < 4.78 is 19.3. The number of carbonyl (C=O) groups excluding carboxylic acids is 1. The van der Waals surface area contributed by atoms with E-state index in [1.165, 1.54) is 6.07 Å². The summed E-state index contributed by atoms with van der Waals surface area (Å²) in [4.78, 5) is 17.0. The van der Waals surface area contributed by atoms with E-state index in [0.717, 1.165) is 16.3 Å². The summed E-state index contributed by atoms with van der Waals surface area (Å²) in [6, 6.07) is 12.1. The molecule has 0 bridgehead atoms. The molecule has 0 unspecified atom stereocenters. The van der Waals surface area contributed by atoms with Gasteiger partial charge in [-0.15, -0.1) is 11.3 Å². The second-order valence-electron chi connectivity index (χ2n) is 5.96. The third kappa shape index (κ3) is 2.88. The van der Waals surface area contributed by atoms with E-state index in [-0.39, 0.29) is 11.3 Å². The molecule has 130 valence electrons. The number of fused-ring (bicyclic) bond motifs is 1. The average Bonchev–Trinajstić information content (AvgIpc) is 3.21. The van der Waals surface area contributed by atoms with Crippen LogP contribution in [0.1, 0.15) is 21.1 Å². The topological polar surface area (TPSA) is 55.1 Å². The minimum absolute atomic E-state index is 0.101. The highest BCUT2D eigenvalue weighted by atomic mass is 32.1. The van der Waals surface area contributed by atoms with E-state index in [4.69, 9.17) is 4.42 Å². The van der Waals surface area contributed by atoms with Gasteiger partial charge in [0, 0.05) is 27.6 Å². The first-order valence-electron chi connectivity index (χ1n) is 8.04. The zero-order valence-corrected chi connectivity index (χ0v) is 15.0. The van der Waals surface area contributed by atoms with E-state index >= 15 is 0 Å². The minimum Gasteiger partial charge on any atom is -0.448 e. The highest BCUT2D eigenvalue weighted by molar-refractivity contribution is 7.09. The number of nitrogens with one attached hydrogen (secondary N) is 1. The van der Waals surface area contributed by atoms with Gasteiger partial charge < -0.3 is 9.73 Å². The van der Waals surface area contributed by atoms with Crippen molar-refractivity contribution in [2.24, 2.45) is 0 Å². The molecule has 0 spiro atoms. The van der Waals surface area contributed by atoms with Crippen molar-refractivity contribution in [1.82, 2.24) is 4.98 Å². The van der Waals surface area contributed by atoms with Crippen LogP contribution in [0.15, 0.2) is 52.3 Å². The Balaban J connectivity index is 1.58. The molecule has 26 heavy (non-hydrogen) atoms. The van der Waals surface area contributed by atoms with E-state index < -0.39 is 11.7 Å². The van der Waals surface area contributed by atoms with E-state index in [2.05, 4.69) is 10.3 Å². The lowest BCUT2D eigenvalue weighted by Gasteiger charge is -2.05. The van der Waals surface area contributed by atoms with Crippen molar-refractivity contribution in [3.8, 4) is 11.3 Å². The molecule has 0 atom stereocenters. The summed E-state index contributed by atoms with van der Waals surface area (Å²) in [5.41, 5.74) is 3.24. The molecule has 6 heteroatoms. The van der Waals surface area contributed by atoms with Crippen LogP contribution in [0.3, 0.4) is 0 Å². The Labute approximate surface area is 153 Å². The lowest BCUT2D eigenvalue weighted by Crippen LogP contribution is -2.12. The fourth-order valence-electron chi connectivity index (χ4n) is 2.83. The maximum Gasteiger partial charge on any atom is 0.291 e. The number of amides is 1. The predicted octanol–water partition coefficient (Wildman–Crippen LogP) is 5.56. The fraction of sp³-hybridized carbons (Fsp3) is 0.100. The van der Waals surface area contributed by atoms with Gasteiger partial charge in [-0.1, -0.05) is 24.3 Å². The number of anilines is 1. The first-order chi connectivity index (χ1) is 12.5. The molecule has 1 N–H and O–H groups in total. The molecule has 0 saturated carbocycles. The van der Waals surface area contributed by atoms with Gasteiger partial charge >= 0.3 is 0 Å². The van der Waals surface area contributed by atoms with Crippen LogP contribution in [0.2, 0.25) is 0 Å². The van der Waals surface area contributed by atoms with Crippen molar-refractivity contribution in [1.29, 1.82) is 0 Å². The van der Waals surface area contributed by atoms with Gasteiger partial charge in [-0.3, -0.25) is 4.79 Å². The van der Waals surface area contributed by atoms with Gasteiger partial charge in [-0.05, 0) is 32.0 Å². The lowest BCUT2D eigenvalue weighted by molar-refractivity contribution is 0.0997. The van der Waals surface area contributed by atoms with Crippen LogP contribution in [0, 0.1) is 19.7 Å². The first-order valence-corrected chi connectivity index (χ1v) is 8.92. The molecule has 0 aliphatic rings. The number of thiazole rings is 1. The zero-order valence-electron chi connectivity index (χ0n) is 14.2. The Hall–Kier alpha value is -2.99. The molecule has 4 nitrogen and oxygen atoms in total. The van der Waals surface area contributed by atoms with E-state index in [9.17, 15) is 9.18 Å². The third-order valence-electron chi connectivity index (χ3n) is 4.18. The maximum absolute atomic E-state index is 13.8. The van der Waals surface area contributed by atoms with Gasteiger partial charge in [0.2, 0.25) is 0 Å². The normalized spacial score (nSPS) is 11.0. The number of halogens is 1. The number of aryl methyl sites for hydroxylation is 2. The predicted molar refractivity (Wildman–Crippen MR) is 101 cm³/mol. The molecule has 4 rings (SSSR count). The van der Waals surface area contributed by atoms with Crippen LogP contribution in [0.25, 0.3) is 22.2 Å². The van der Waals surface area contributed by atoms with Gasteiger partial charge in [0.15, 0.2) is 17.2 Å². The molecule has 0 saturated heterocycles. The van der Waals surface area contributed by atoms with Crippen molar-refractivity contribution in [2.75, 3.05) is 5.32 Å².